The highest BCUT2D eigenvalue weighted by molar-refractivity contribution is 7.12. The minimum atomic E-state index is 0.542. The lowest BCUT2D eigenvalue weighted by molar-refractivity contribution is 0.438. The molecule has 2 heteroatoms. The fourth-order valence-electron chi connectivity index (χ4n) is 2.03. The van der Waals surface area contributed by atoms with Gasteiger partial charge in [0, 0.05) is 15.8 Å². The van der Waals surface area contributed by atoms with Crippen LogP contribution in [0.2, 0.25) is 0 Å². The second kappa shape index (κ2) is 5.66. The van der Waals surface area contributed by atoms with Crippen molar-refractivity contribution in [3.63, 3.8) is 0 Å². The zero-order valence-corrected chi connectivity index (χ0v) is 11.4. The van der Waals surface area contributed by atoms with E-state index in [4.69, 9.17) is 0 Å². The Morgan fingerprint density at radius 2 is 2.00 bits per heavy atom. The predicted octanol–water partition coefficient (Wildman–Crippen LogP) is 4.06. The number of hydrogen-bond acceptors (Lipinski definition) is 2. The molecule has 0 fully saturated rings. The third-order valence-corrected chi connectivity index (χ3v) is 3.59. The minimum absolute atomic E-state index is 0.542. The molecular weight excluding hydrogens is 202 g/mol. The molecule has 1 nitrogen and oxygen atoms in total. The van der Waals surface area contributed by atoms with Crippen LogP contribution in [0.4, 0.5) is 0 Å². The Hall–Kier alpha value is -0.340. The molecule has 1 atom stereocenters. The van der Waals surface area contributed by atoms with Crippen molar-refractivity contribution in [2.24, 2.45) is 5.92 Å². The Labute approximate surface area is 97.9 Å². The third kappa shape index (κ3) is 3.62. The van der Waals surface area contributed by atoms with Crippen LogP contribution in [-0.2, 0) is 0 Å². The van der Waals surface area contributed by atoms with Crippen molar-refractivity contribution in [3.8, 4) is 0 Å². The molecule has 86 valence electrons. The summed E-state index contributed by atoms with van der Waals surface area (Å²) in [5, 5.41) is 3.59. The van der Waals surface area contributed by atoms with Gasteiger partial charge >= 0.3 is 0 Å². The number of aryl methyl sites for hydroxylation is 2. The van der Waals surface area contributed by atoms with Gasteiger partial charge in [-0.1, -0.05) is 20.8 Å². The lowest BCUT2D eigenvalue weighted by Gasteiger charge is -2.20. The van der Waals surface area contributed by atoms with E-state index in [1.807, 2.05) is 11.3 Å². The number of hydrogen-bond donors (Lipinski definition) is 1. The summed E-state index contributed by atoms with van der Waals surface area (Å²) in [4.78, 5) is 2.90. The Bertz CT molecular complexity index is 301. The van der Waals surface area contributed by atoms with E-state index in [0.29, 0.717) is 6.04 Å². The molecule has 0 aliphatic rings. The minimum Gasteiger partial charge on any atom is -0.310 e. The maximum Gasteiger partial charge on any atom is 0.0333 e. The van der Waals surface area contributed by atoms with Crippen molar-refractivity contribution < 1.29 is 0 Å². The molecule has 0 radical (unpaired) electrons. The van der Waals surface area contributed by atoms with Crippen LogP contribution in [0, 0.1) is 19.8 Å². The molecule has 0 aromatic carbocycles. The molecule has 0 saturated carbocycles. The average molecular weight is 225 g/mol. The first-order valence-electron chi connectivity index (χ1n) is 5.84. The van der Waals surface area contributed by atoms with Crippen LogP contribution in [0.5, 0.6) is 0 Å². The van der Waals surface area contributed by atoms with Gasteiger partial charge in [0.15, 0.2) is 0 Å². The Balaban J connectivity index is 2.83. The summed E-state index contributed by atoms with van der Waals surface area (Å²) in [7, 11) is 0. The van der Waals surface area contributed by atoms with E-state index in [1.165, 1.54) is 21.7 Å². The molecular formula is C13H23NS. The van der Waals surface area contributed by atoms with Crippen molar-refractivity contribution in [1.29, 1.82) is 0 Å². The van der Waals surface area contributed by atoms with Crippen LogP contribution in [0.25, 0.3) is 0 Å². The largest absolute Gasteiger partial charge is 0.310 e. The summed E-state index contributed by atoms with van der Waals surface area (Å²) in [6.45, 7) is 12.2. The maximum atomic E-state index is 3.59. The van der Waals surface area contributed by atoms with E-state index < -0.39 is 0 Å². The van der Waals surface area contributed by atoms with E-state index >= 15 is 0 Å². The van der Waals surface area contributed by atoms with Crippen LogP contribution < -0.4 is 5.32 Å². The molecule has 1 unspecified atom stereocenters. The van der Waals surface area contributed by atoms with Crippen molar-refractivity contribution in [1.82, 2.24) is 5.32 Å². The molecule has 0 amide bonds. The maximum absolute atomic E-state index is 3.59. The van der Waals surface area contributed by atoms with Gasteiger partial charge in [-0.3, -0.25) is 0 Å². The summed E-state index contributed by atoms with van der Waals surface area (Å²) in [6.07, 6.45) is 1.23. The molecule has 0 aliphatic carbocycles. The smallest absolute Gasteiger partial charge is 0.0333 e. The van der Waals surface area contributed by atoms with E-state index in [1.54, 1.807) is 0 Å². The van der Waals surface area contributed by atoms with Crippen molar-refractivity contribution in [3.05, 3.63) is 21.4 Å². The highest BCUT2D eigenvalue weighted by Crippen LogP contribution is 2.29. The van der Waals surface area contributed by atoms with Gasteiger partial charge in [-0.15, -0.1) is 11.3 Å². The van der Waals surface area contributed by atoms with Gasteiger partial charge in [-0.05, 0) is 44.4 Å². The summed E-state index contributed by atoms with van der Waals surface area (Å²) in [5.41, 5.74) is 1.51. The quantitative estimate of drug-likeness (QED) is 0.797. The standard InChI is InChI=1S/C13H23NS/c1-6-14-13(7-9(2)3)12-8-10(4)15-11(12)5/h8-9,13-14H,6-7H2,1-5H3. The summed E-state index contributed by atoms with van der Waals surface area (Å²) >= 11 is 1.91. The number of thiophene rings is 1. The Morgan fingerprint density at radius 1 is 1.33 bits per heavy atom. The fourth-order valence-corrected chi connectivity index (χ4v) is 3.02. The Kier molecular flexibility index (Phi) is 4.81. The van der Waals surface area contributed by atoms with Crippen LogP contribution in [0.15, 0.2) is 6.07 Å². The molecule has 0 spiro atoms. The predicted molar refractivity (Wildman–Crippen MR) is 69.7 cm³/mol. The Morgan fingerprint density at radius 3 is 2.40 bits per heavy atom. The second-order valence-electron chi connectivity index (χ2n) is 4.61. The molecule has 1 heterocycles. The van der Waals surface area contributed by atoms with E-state index in [0.717, 1.165) is 12.5 Å². The van der Waals surface area contributed by atoms with Gasteiger partial charge in [0.2, 0.25) is 0 Å². The number of rotatable bonds is 5. The zero-order valence-electron chi connectivity index (χ0n) is 10.6. The van der Waals surface area contributed by atoms with Gasteiger partial charge in [-0.25, -0.2) is 0 Å². The monoisotopic (exact) mass is 225 g/mol. The molecule has 15 heavy (non-hydrogen) atoms. The van der Waals surface area contributed by atoms with Crippen LogP contribution in [0.1, 0.15) is 48.6 Å². The molecule has 0 aliphatic heterocycles. The van der Waals surface area contributed by atoms with Gasteiger partial charge in [-0.2, -0.15) is 0 Å². The SMILES string of the molecule is CCNC(CC(C)C)c1cc(C)sc1C. The van der Waals surface area contributed by atoms with Crippen LogP contribution >= 0.6 is 11.3 Å². The molecule has 1 aromatic rings. The normalized spacial score (nSPS) is 13.5. The molecule has 0 saturated heterocycles. The van der Waals surface area contributed by atoms with Gasteiger partial charge in [0.1, 0.15) is 0 Å². The first-order valence-corrected chi connectivity index (χ1v) is 6.66. The van der Waals surface area contributed by atoms with E-state index in [2.05, 4.69) is 46.0 Å². The average Bonchev–Trinajstić information content (AvgIpc) is 2.44. The third-order valence-electron chi connectivity index (χ3n) is 2.61. The lowest BCUT2D eigenvalue weighted by Crippen LogP contribution is -2.22. The lowest BCUT2D eigenvalue weighted by atomic mass is 9.97. The van der Waals surface area contributed by atoms with E-state index in [-0.39, 0.29) is 0 Å². The highest BCUT2D eigenvalue weighted by atomic mass is 32.1. The first kappa shape index (κ1) is 12.7. The fraction of sp³-hybridized carbons (Fsp3) is 0.692. The molecule has 0 bridgehead atoms. The van der Waals surface area contributed by atoms with E-state index in [9.17, 15) is 0 Å². The molecule has 1 rings (SSSR count). The zero-order chi connectivity index (χ0) is 11.4. The van der Waals surface area contributed by atoms with Crippen LogP contribution in [0.3, 0.4) is 0 Å². The summed E-state index contributed by atoms with van der Waals surface area (Å²) < 4.78 is 0. The van der Waals surface area contributed by atoms with Gasteiger partial charge < -0.3 is 5.32 Å². The number of nitrogens with one attached hydrogen (secondary N) is 1. The molecule has 1 N–H and O–H groups in total. The summed E-state index contributed by atoms with van der Waals surface area (Å²) in [5.74, 6) is 0.744. The molecule has 1 aromatic heterocycles. The van der Waals surface area contributed by atoms with Crippen LogP contribution in [-0.4, -0.2) is 6.54 Å². The second-order valence-corrected chi connectivity index (χ2v) is 6.07. The van der Waals surface area contributed by atoms with Gasteiger partial charge in [0.05, 0.1) is 0 Å². The highest BCUT2D eigenvalue weighted by Gasteiger charge is 2.15. The topological polar surface area (TPSA) is 12.0 Å². The first-order chi connectivity index (χ1) is 7.04. The van der Waals surface area contributed by atoms with Crippen molar-refractivity contribution in [2.75, 3.05) is 6.54 Å². The van der Waals surface area contributed by atoms with Crippen molar-refractivity contribution in [2.45, 2.75) is 47.1 Å². The van der Waals surface area contributed by atoms with Crippen molar-refractivity contribution >= 4 is 11.3 Å². The van der Waals surface area contributed by atoms with Gasteiger partial charge in [0.25, 0.3) is 0 Å². The summed E-state index contributed by atoms with van der Waals surface area (Å²) in [6, 6.07) is 2.88.